The summed E-state index contributed by atoms with van der Waals surface area (Å²) in [5.74, 6) is 1.84. The van der Waals surface area contributed by atoms with E-state index in [0.29, 0.717) is 59.7 Å². The number of allylic oxidation sites excluding steroid dienone is 4. The highest BCUT2D eigenvalue weighted by atomic mass is 32.1. The Hall–Kier alpha value is -1.62. The Morgan fingerprint density at radius 2 is 0.575 bits per heavy atom. The van der Waals surface area contributed by atoms with Crippen LogP contribution < -0.4 is 5.32 Å². The lowest BCUT2D eigenvalue weighted by atomic mass is 9.20. The van der Waals surface area contributed by atoms with Crippen LogP contribution in [0.4, 0.5) is 0 Å². The molecule has 17 rings (SSSR count). The molecule has 4 nitrogen and oxygen atoms in total. The molecule has 15 saturated carbocycles. The third-order valence-electron chi connectivity index (χ3n) is 41.2. The summed E-state index contributed by atoms with van der Waals surface area (Å²) < 4.78 is 7.09. The van der Waals surface area contributed by atoms with Crippen molar-refractivity contribution in [2.75, 3.05) is 7.05 Å². The summed E-state index contributed by atoms with van der Waals surface area (Å²) in [5, 5.41) is 3.94. The predicted molar refractivity (Wildman–Crippen MR) is 447 cm³/mol. The Morgan fingerprint density at radius 1 is 0.330 bits per heavy atom. The van der Waals surface area contributed by atoms with E-state index in [9.17, 15) is 0 Å². The van der Waals surface area contributed by atoms with Gasteiger partial charge in [0.2, 0.25) is 0 Å². The number of rotatable bonds is 17. The van der Waals surface area contributed by atoms with Crippen molar-refractivity contribution in [3.8, 4) is 0 Å². The predicted octanol–water partition coefficient (Wildman–Crippen LogP) is 30.3. The Kier molecular flexibility index (Phi) is 22.9. The van der Waals surface area contributed by atoms with Crippen molar-refractivity contribution in [2.24, 2.45) is 82.2 Å². The number of hydrogen-bond acceptors (Lipinski definition) is 4. The van der Waals surface area contributed by atoms with Gasteiger partial charge in [-0.2, -0.15) is 0 Å². The minimum atomic E-state index is -0.326. The average molecular weight is 1470 g/mol. The van der Waals surface area contributed by atoms with E-state index in [1.165, 1.54) is 230 Å². The maximum absolute atomic E-state index is 16.6. The largest absolute Gasteiger partial charge is 0.426 e. The zero-order chi connectivity index (χ0) is 72.0. The first-order valence-corrected chi connectivity index (χ1v) is 49.8. The van der Waals surface area contributed by atoms with Crippen molar-refractivity contribution in [2.45, 2.75) is 494 Å². The van der Waals surface area contributed by atoms with E-state index >= 15 is 4.79 Å². The Balaban J connectivity index is 0.917. The SMILES string of the molecule is CNC1=CCC(/C=C2/OC(=S)N(C3(C4(C5(C6(C7(C8(C9(C%10(C%11(C%12(C%13(C%14(C%15(C%16(C%17CCCCC%17)CCCCC%16)CCCCC%15)CCCCC%14)CCCCC%13)CCCCC%12)CCCCC%11)CCCCC%10)CCCCC9)CCCCC8)CCCCC7)CCCCC6)CCCCC5)CCCCC4)CCCCC3)C2=O)C=C1. The molecule has 16 fully saturated rings. The minimum absolute atomic E-state index is 0.00643. The monoisotopic (exact) mass is 1470 g/mol. The Labute approximate surface area is 657 Å². The second kappa shape index (κ2) is 31.5. The normalized spacial score (nSPS) is 34.3. The first-order valence-electron chi connectivity index (χ1n) is 49.4. The van der Waals surface area contributed by atoms with Gasteiger partial charge in [-0.1, -0.05) is 301 Å². The fourth-order valence-electron chi connectivity index (χ4n) is 39.0. The van der Waals surface area contributed by atoms with Gasteiger partial charge in [-0.3, -0.25) is 9.69 Å². The Bertz CT molecular complexity index is 3030. The third kappa shape index (κ3) is 11.1. The summed E-state index contributed by atoms with van der Waals surface area (Å²) in [6, 6.07) is 0. The second-order valence-electron chi connectivity index (χ2n) is 43.1. The van der Waals surface area contributed by atoms with Crippen molar-refractivity contribution >= 4 is 23.3 Å². The van der Waals surface area contributed by atoms with E-state index in [1.54, 1.807) is 244 Å². The number of carbonyl (C=O) groups is 1. The zero-order valence-electron chi connectivity index (χ0n) is 69.4. The van der Waals surface area contributed by atoms with Crippen molar-refractivity contribution in [1.29, 1.82) is 0 Å². The van der Waals surface area contributed by atoms with Gasteiger partial charge in [0.25, 0.3) is 11.1 Å². The van der Waals surface area contributed by atoms with Crippen molar-refractivity contribution in [1.82, 2.24) is 10.2 Å². The number of nitrogens with one attached hydrogen (secondary N) is 1. The molecule has 1 unspecified atom stereocenters. The maximum Gasteiger partial charge on any atom is 0.297 e. The molecule has 106 heavy (non-hydrogen) atoms. The van der Waals surface area contributed by atoms with Crippen LogP contribution in [0.25, 0.3) is 0 Å². The molecule has 1 saturated heterocycles. The first-order chi connectivity index (χ1) is 52.1. The van der Waals surface area contributed by atoms with Gasteiger partial charge in [-0.05, 0) is 294 Å². The fourth-order valence-corrected chi connectivity index (χ4v) is 39.4. The molecule has 0 aromatic heterocycles. The Morgan fingerprint density at radius 3 is 0.858 bits per heavy atom. The molecule has 0 bridgehead atoms. The van der Waals surface area contributed by atoms with Gasteiger partial charge in [0, 0.05) is 24.1 Å². The lowest BCUT2D eigenvalue weighted by Gasteiger charge is -2.84. The highest BCUT2D eigenvalue weighted by Gasteiger charge is 2.85. The second-order valence-corrected chi connectivity index (χ2v) is 43.4. The van der Waals surface area contributed by atoms with Crippen LogP contribution in [0.3, 0.4) is 0 Å². The standard InChI is InChI=1S/C101H162N2O2S/c1-102-84-51-49-82(50-52-84)81-85-86(104)103(87(106)105-85)101(79-45-16-46-80-101)100(77-43-15-44-78-100)99(75-41-14-42-76-99)98(73-39-13-40-74-98)97(71-37-12-38-72-97)96(69-35-11-36-70-96)95(67-33-10-34-68-95)94(65-31-9-32-66-94)93(63-29-8-30-64-93)92(61-27-7-28-62-92)91(59-25-6-26-60-91)90(57-23-5-24-58-90)89(55-21-4-22-56-89)88(53-19-3-20-54-88)83-47-17-2-18-48-83/h49,51-52,81-83,102H,2-48,50,53-80H2,1H3/b85-81+. The van der Waals surface area contributed by atoms with Crippen molar-refractivity contribution in [3.05, 3.63) is 35.8 Å². The van der Waals surface area contributed by atoms with E-state index in [2.05, 4.69) is 34.5 Å². The topological polar surface area (TPSA) is 41.6 Å². The number of hydrogen-bond donors (Lipinski definition) is 1. The highest BCUT2D eigenvalue weighted by Crippen LogP contribution is 2.92. The van der Waals surface area contributed by atoms with E-state index < -0.39 is 0 Å². The number of likely N-dealkylation sites (N-methyl/N-ethyl adjacent to an activating group) is 1. The summed E-state index contributed by atoms with van der Waals surface area (Å²) in [6.07, 6.45) is 123. The highest BCUT2D eigenvalue weighted by molar-refractivity contribution is 7.80. The van der Waals surface area contributed by atoms with Gasteiger partial charge in [-0.15, -0.1) is 0 Å². The molecule has 1 amide bonds. The molecule has 0 radical (unpaired) electrons. The molecule has 17 aliphatic rings. The molecule has 0 aromatic carbocycles. The lowest BCUT2D eigenvalue weighted by Crippen LogP contribution is -2.78. The van der Waals surface area contributed by atoms with E-state index in [0.717, 1.165) is 25.2 Å². The summed E-state index contributed by atoms with van der Waals surface area (Å²) in [6.45, 7) is 0. The lowest BCUT2D eigenvalue weighted by molar-refractivity contribution is -0.360. The molecule has 1 N–H and O–H groups in total. The summed E-state index contributed by atoms with van der Waals surface area (Å²) in [7, 11) is 2.03. The zero-order valence-corrected chi connectivity index (χ0v) is 70.2. The molecule has 1 heterocycles. The molecule has 594 valence electrons. The van der Waals surface area contributed by atoms with E-state index in [4.69, 9.17) is 17.0 Å². The van der Waals surface area contributed by atoms with Crippen LogP contribution in [0.1, 0.15) is 488 Å². The van der Waals surface area contributed by atoms with E-state index in [1.807, 2.05) is 7.05 Å². The van der Waals surface area contributed by atoms with Gasteiger partial charge < -0.3 is 10.1 Å². The number of carbonyl (C=O) groups excluding carboxylic acids is 1. The maximum atomic E-state index is 16.6. The molecule has 0 aromatic rings. The summed E-state index contributed by atoms with van der Waals surface area (Å²) >= 11 is 6.90. The number of thiocarbonyl (C=S) groups is 1. The first kappa shape index (κ1) is 77.0. The van der Waals surface area contributed by atoms with Gasteiger partial charge in [-0.25, -0.2) is 0 Å². The smallest absolute Gasteiger partial charge is 0.297 e. The number of ether oxygens (including phenoxy) is 1. The molecule has 1 atom stereocenters. The fraction of sp³-hybridized carbons (Fsp3) is 0.921. The van der Waals surface area contributed by atoms with Gasteiger partial charge >= 0.3 is 0 Å². The van der Waals surface area contributed by atoms with Crippen LogP contribution in [0.15, 0.2) is 35.8 Å². The number of amides is 1. The summed E-state index contributed by atoms with van der Waals surface area (Å²) in [5.41, 5.74) is 5.35. The average Bonchev–Trinajstić information content (AvgIpc) is 0.675. The minimum Gasteiger partial charge on any atom is -0.426 e. The molecule has 5 heteroatoms. The molecule has 0 spiro atoms. The summed E-state index contributed by atoms with van der Waals surface area (Å²) in [4.78, 5) is 19.1. The number of nitrogens with zero attached hydrogens (tertiary/aromatic N) is 1. The van der Waals surface area contributed by atoms with Gasteiger partial charge in [0.05, 0.1) is 5.54 Å². The van der Waals surface area contributed by atoms with Crippen LogP contribution in [0.2, 0.25) is 0 Å². The van der Waals surface area contributed by atoms with Crippen LogP contribution in [-0.2, 0) is 9.53 Å². The van der Waals surface area contributed by atoms with Crippen molar-refractivity contribution < 1.29 is 9.53 Å². The van der Waals surface area contributed by atoms with Crippen LogP contribution in [-0.4, -0.2) is 28.6 Å². The van der Waals surface area contributed by atoms with Gasteiger partial charge in [0.1, 0.15) is 0 Å². The van der Waals surface area contributed by atoms with Crippen LogP contribution in [0.5, 0.6) is 0 Å². The third-order valence-corrected chi connectivity index (χ3v) is 41.5. The van der Waals surface area contributed by atoms with Gasteiger partial charge in [0.15, 0.2) is 5.76 Å². The van der Waals surface area contributed by atoms with Crippen LogP contribution >= 0.6 is 12.2 Å². The van der Waals surface area contributed by atoms with E-state index in [-0.39, 0.29) is 39.0 Å². The molecule has 16 aliphatic carbocycles. The molecule has 1 aliphatic heterocycles. The quantitative estimate of drug-likeness (QED) is 0.116. The van der Waals surface area contributed by atoms with Crippen LogP contribution in [0, 0.1) is 82.2 Å². The van der Waals surface area contributed by atoms with Crippen molar-refractivity contribution in [3.63, 3.8) is 0 Å². The molecular formula is C101H162N2O2S. The molecular weight excluding hydrogens is 1310 g/mol.